The number of hydrogen-bond donors (Lipinski definition) is 1. The van der Waals surface area contributed by atoms with Gasteiger partial charge in [0.2, 0.25) is 0 Å². The van der Waals surface area contributed by atoms with Crippen LogP contribution in [-0.2, 0) is 0 Å². The minimum Gasteiger partial charge on any atom is -0.303 e. The molecule has 0 radical (unpaired) electrons. The molecule has 0 saturated heterocycles. The molecule has 0 fully saturated rings. The van der Waals surface area contributed by atoms with Crippen molar-refractivity contribution in [2.75, 3.05) is 0 Å². The van der Waals surface area contributed by atoms with E-state index in [2.05, 4.69) is 79.0 Å². The average Bonchev–Trinajstić information content (AvgIpc) is 3.00. The molecule has 1 heteroatoms. The van der Waals surface area contributed by atoms with E-state index in [1.807, 2.05) is 0 Å². The van der Waals surface area contributed by atoms with Crippen LogP contribution < -0.4 is 5.32 Å². The van der Waals surface area contributed by atoms with Gasteiger partial charge in [0.15, 0.2) is 0 Å². The SMILES string of the molecule is Cc1ccccc1C(NC1CC=CC1)c1ccccc1. The maximum atomic E-state index is 3.83. The third kappa shape index (κ3) is 2.83. The third-order valence-electron chi connectivity index (χ3n) is 4.04. The van der Waals surface area contributed by atoms with E-state index < -0.39 is 0 Å². The van der Waals surface area contributed by atoms with Crippen molar-refractivity contribution in [3.8, 4) is 0 Å². The summed E-state index contributed by atoms with van der Waals surface area (Å²) >= 11 is 0. The molecule has 102 valence electrons. The van der Waals surface area contributed by atoms with Gasteiger partial charge in [-0.25, -0.2) is 0 Å². The maximum absolute atomic E-state index is 3.83. The predicted molar refractivity (Wildman–Crippen MR) is 84.8 cm³/mol. The van der Waals surface area contributed by atoms with E-state index in [0.717, 1.165) is 12.8 Å². The Morgan fingerprint density at radius 3 is 2.25 bits per heavy atom. The van der Waals surface area contributed by atoms with Crippen molar-refractivity contribution in [2.24, 2.45) is 0 Å². The van der Waals surface area contributed by atoms with Crippen LogP contribution in [0.2, 0.25) is 0 Å². The number of nitrogens with one attached hydrogen (secondary N) is 1. The monoisotopic (exact) mass is 263 g/mol. The Kier molecular flexibility index (Phi) is 3.98. The molecule has 0 amide bonds. The van der Waals surface area contributed by atoms with E-state index in [9.17, 15) is 0 Å². The standard InChI is InChI=1S/C19H21N/c1-15-9-5-8-14-18(15)19(16-10-3-2-4-11-16)20-17-12-6-7-13-17/h2-11,14,17,19-20H,12-13H2,1H3. The Morgan fingerprint density at radius 1 is 0.900 bits per heavy atom. The first kappa shape index (κ1) is 13.1. The minimum absolute atomic E-state index is 0.280. The highest BCUT2D eigenvalue weighted by atomic mass is 15.0. The fourth-order valence-electron chi connectivity index (χ4n) is 2.91. The Hall–Kier alpha value is -1.86. The van der Waals surface area contributed by atoms with Crippen LogP contribution in [-0.4, -0.2) is 6.04 Å². The highest BCUT2D eigenvalue weighted by Gasteiger charge is 2.20. The van der Waals surface area contributed by atoms with Gasteiger partial charge >= 0.3 is 0 Å². The third-order valence-corrected chi connectivity index (χ3v) is 4.04. The van der Waals surface area contributed by atoms with E-state index in [1.54, 1.807) is 0 Å². The molecule has 1 unspecified atom stereocenters. The van der Waals surface area contributed by atoms with Crippen LogP contribution in [0.4, 0.5) is 0 Å². The molecule has 2 aromatic rings. The van der Waals surface area contributed by atoms with Crippen LogP contribution in [0, 0.1) is 6.92 Å². The van der Waals surface area contributed by atoms with E-state index in [-0.39, 0.29) is 6.04 Å². The summed E-state index contributed by atoms with van der Waals surface area (Å²) in [6.45, 7) is 2.19. The van der Waals surface area contributed by atoms with Gasteiger partial charge in [-0.1, -0.05) is 66.7 Å². The van der Waals surface area contributed by atoms with Crippen LogP contribution in [0.1, 0.15) is 35.6 Å². The summed E-state index contributed by atoms with van der Waals surface area (Å²) in [4.78, 5) is 0. The molecule has 0 bridgehead atoms. The van der Waals surface area contributed by atoms with E-state index in [1.165, 1.54) is 16.7 Å². The first-order valence-electron chi connectivity index (χ1n) is 7.36. The predicted octanol–water partition coefficient (Wildman–Crippen LogP) is 4.39. The summed E-state index contributed by atoms with van der Waals surface area (Å²) in [5.74, 6) is 0. The smallest absolute Gasteiger partial charge is 0.0581 e. The maximum Gasteiger partial charge on any atom is 0.0581 e. The van der Waals surface area contributed by atoms with E-state index >= 15 is 0 Å². The van der Waals surface area contributed by atoms with Crippen LogP contribution in [0.3, 0.4) is 0 Å². The number of hydrogen-bond acceptors (Lipinski definition) is 1. The van der Waals surface area contributed by atoms with Crippen molar-refractivity contribution in [3.63, 3.8) is 0 Å². The van der Waals surface area contributed by atoms with Gasteiger partial charge in [0.1, 0.15) is 0 Å². The summed E-state index contributed by atoms with van der Waals surface area (Å²) in [7, 11) is 0. The van der Waals surface area contributed by atoms with E-state index in [4.69, 9.17) is 0 Å². The molecule has 0 heterocycles. The molecule has 2 aromatic carbocycles. The summed E-state index contributed by atoms with van der Waals surface area (Å²) < 4.78 is 0. The second kappa shape index (κ2) is 6.06. The normalized spacial score (nSPS) is 16.4. The molecule has 0 aliphatic heterocycles. The molecule has 1 atom stereocenters. The molecule has 20 heavy (non-hydrogen) atoms. The van der Waals surface area contributed by atoms with Crippen molar-refractivity contribution in [1.29, 1.82) is 0 Å². The van der Waals surface area contributed by atoms with Gasteiger partial charge < -0.3 is 5.32 Å². The average molecular weight is 263 g/mol. The van der Waals surface area contributed by atoms with Gasteiger partial charge in [-0.15, -0.1) is 0 Å². The van der Waals surface area contributed by atoms with Crippen LogP contribution in [0.15, 0.2) is 66.7 Å². The number of aryl methyl sites for hydroxylation is 1. The molecule has 1 aliphatic rings. The topological polar surface area (TPSA) is 12.0 Å². The lowest BCUT2D eigenvalue weighted by Crippen LogP contribution is -2.32. The summed E-state index contributed by atoms with van der Waals surface area (Å²) in [6, 6.07) is 20.3. The zero-order valence-corrected chi connectivity index (χ0v) is 11.9. The molecule has 1 N–H and O–H groups in total. The van der Waals surface area contributed by atoms with Crippen LogP contribution in [0.5, 0.6) is 0 Å². The second-order valence-electron chi connectivity index (χ2n) is 5.51. The van der Waals surface area contributed by atoms with Gasteiger partial charge in [0, 0.05) is 6.04 Å². The molecule has 0 aromatic heterocycles. The van der Waals surface area contributed by atoms with Crippen molar-refractivity contribution in [1.82, 2.24) is 5.32 Å². The lowest BCUT2D eigenvalue weighted by atomic mass is 9.94. The first-order chi connectivity index (χ1) is 9.84. The zero-order valence-electron chi connectivity index (χ0n) is 11.9. The van der Waals surface area contributed by atoms with Gasteiger partial charge in [0.25, 0.3) is 0 Å². The molecule has 0 spiro atoms. The molecule has 1 aliphatic carbocycles. The van der Waals surface area contributed by atoms with Crippen LogP contribution in [0.25, 0.3) is 0 Å². The lowest BCUT2D eigenvalue weighted by Gasteiger charge is -2.25. The fourth-order valence-corrected chi connectivity index (χ4v) is 2.91. The van der Waals surface area contributed by atoms with Crippen LogP contribution >= 0.6 is 0 Å². The van der Waals surface area contributed by atoms with E-state index in [0.29, 0.717) is 6.04 Å². The largest absolute Gasteiger partial charge is 0.303 e. The Bertz CT molecular complexity index is 578. The number of rotatable bonds is 4. The quantitative estimate of drug-likeness (QED) is 0.807. The van der Waals surface area contributed by atoms with Gasteiger partial charge in [0.05, 0.1) is 6.04 Å². The lowest BCUT2D eigenvalue weighted by molar-refractivity contribution is 0.489. The first-order valence-corrected chi connectivity index (χ1v) is 7.36. The summed E-state index contributed by atoms with van der Waals surface area (Å²) in [6.07, 6.45) is 6.82. The Balaban J connectivity index is 1.93. The van der Waals surface area contributed by atoms with Crippen molar-refractivity contribution >= 4 is 0 Å². The Morgan fingerprint density at radius 2 is 1.55 bits per heavy atom. The molecule has 1 nitrogen and oxygen atoms in total. The Labute approximate surface area is 121 Å². The number of benzene rings is 2. The molecule has 0 saturated carbocycles. The molecular weight excluding hydrogens is 242 g/mol. The molecular formula is C19H21N. The fraction of sp³-hybridized carbons (Fsp3) is 0.263. The highest BCUT2D eigenvalue weighted by molar-refractivity contribution is 5.37. The van der Waals surface area contributed by atoms with Gasteiger partial charge in [-0.05, 0) is 36.5 Å². The van der Waals surface area contributed by atoms with Gasteiger partial charge in [-0.2, -0.15) is 0 Å². The van der Waals surface area contributed by atoms with Crippen molar-refractivity contribution in [3.05, 3.63) is 83.4 Å². The summed E-state index contributed by atoms with van der Waals surface area (Å²) in [5, 5.41) is 3.83. The van der Waals surface area contributed by atoms with Gasteiger partial charge in [-0.3, -0.25) is 0 Å². The van der Waals surface area contributed by atoms with Crippen molar-refractivity contribution < 1.29 is 0 Å². The van der Waals surface area contributed by atoms with Crippen molar-refractivity contribution in [2.45, 2.75) is 31.8 Å². The molecule has 3 rings (SSSR count). The second-order valence-corrected chi connectivity index (χ2v) is 5.51. The highest BCUT2D eigenvalue weighted by Crippen LogP contribution is 2.27. The summed E-state index contributed by atoms with van der Waals surface area (Å²) in [5.41, 5.74) is 4.07. The zero-order chi connectivity index (χ0) is 13.8. The minimum atomic E-state index is 0.280.